The summed E-state index contributed by atoms with van der Waals surface area (Å²) in [6.07, 6.45) is -0.278. The van der Waals surface area contributed by atoms with Crippen LogP contribution in [0.3, 0.4) is 0 Å². The Hall–Kier alpha value is -1.44. The predicted octanol–water partition coefficient (Wildman–Crippen LogP) is 2.99. The SMILES string of the molecule is CC(C)CN(C(=O)c1ccc(S(=O)(=O)N2CC(C)OC(C)C2)cc1)C(C)C. The minimum absolute atomic E-state index is 0.0729. The van der Waals surface area contributed by atoms with Crippen LogP contribution in [-0.4, -0.2) is 61.4 Å². The Morgan fingerprint density at radius 2 is 1.63 bits per heavy atom. The molecule has 0 spiro atoms. The van der Waals surface area contributed by atoms with Crippen molar-refractivity contribution in [3.05, 3.63) is 29.8 Å². The molecule has 1 fully saturated rings. The summed E-state index contributed by atoms with van der Waals surface area (Å²) in [7, 11) is -3.60. The molecule has 0 radical (unpaired) electrons. The van der Waals surface area contributed by atoms with E-state index in [0.29, 0.717) is 31.1 Å². The van der Waals surface area contributed by atoms with Crippen LogP contribution in [-0.2, 0) is 14.8 Å². The van der Waals surface area contributed by atoms with Gasteiger partial charge in [-0.2, -0.15) is 4.31 Å². The second kappa shape index (κ2) is 8.71. The van der Waals surface area contributed by atoms with Crippen LogP contribution in [0.25, 0.3) is 0 Å². The monoisotopic (exact) mass is 396 g/mol. The lowest BCUT2D eigenvalue weighted by atomic mass is 10.1. The van der Waals surface area contributed by atoms with Gasteiger partial charge in [-0.1, -0.05) is 13.8 Å². The maximum atomic E-state index is 12.9. The maximum Gasteiger partial charge on any atom is 0.254 e. The number of hydrogen-bond donors (Lipinski definition) is 0. The standard InChI is InChI=1S/C20H32N2O4S/c1-14(2)11-22(15(3)4)20(23)18-7-9-19(10-8-18)27(24,25)21-12-16(5)26-17(6)13-21/h7-10,14-17H,11-13H2,1-6H3. The third kappa shape index (κ3) is 5.30. The quantitative estimate of drug-likeness (QED) is 0.741. The predicted molar refractivity (Wildman–Crippen MR) is 106 cm³/mol. The molecule has 2 unspecified atom stereocenters. The smallest absolute Gasteiger partial charge is 0.254 e. The Labute approximate surface area is 163 Å². The highest BCUT2D eigenvalue weighted by molar-refractivity contribution is 7.89. The number of nitrogens with zero attached hydrogens (tertiary/aromatic N) is 2. The molecule has 0 saturated carbocycles. The summed E-state index contributed by atoms with van der Waals surface area (Å²) in [5.74, 6) is 0.289. The van der Waals surface area contributed by atoms with E-state index in [2.05, 4.69) is 13.8 Å². The number of morpholine rings is 1. The lowest BCUT2D eigenvalue weighted by Crippen LogP contribution is -2.48. The third-order valence-corrected chi connectivity index (χ3v) is 6.42. The van der Waals surface area contributed by atoms with Gasteiger partial charge in [0.25, 0.3) is 5.91 Å². The Kier molecular flexibility index (Phi) is 7.05. The number of ether oxygens (including phenoxy) is 1. The molecule has 1 aliphatic heterocycles. The number of benzene rings is 1. The van der Waals surface area contributed by atoms with Gasteiger partial charge in [0.2, 0.25) is 10.0 Å². The number of hydrogen-bond acceptors (Lipinski definition) is 4. The van der Waals surface area contributed by atoms with Gasteiger partial charge < -0.3 is 9.64 Å². The van der Waals surface area contributed by atoms with Crippen molar-refractivity contribution >= 4 is 15.9 Å². The molecule has 1 heterocycles. The minimum atomic E-state index is -3.60. The molecule has 27 heavy (non-hydrogen) atoms. The van der Waals surface area contributed by atoms with Crippen LogP contribution in [0.4, 0.5) is 0 Å². The van der Waals surface area contributed by atoms with Gasteiger partial charge in [0.1, 0.15) is 0 Å². The molecule has 1 saturated heterocycles. The molecule has 2 atom stereocenters. The van der Waals surface area contributed by atoms with Gasteiger partial charge in [-0.3, -0.25) is 4.79 Å². The molecule has 0 bridgehead atoms. The molecule has 1 aromatic rings. The van der Waals surface area contributed by atoms with E-state index in [9.17, 15) is 13.2 Å². The fourth-order valence-corrected chi connectivity index (χ4v) is 4.92. The first-order valence-corrected chi connectivity index (χ1v) is 11.0. The number of amides is 1. The van der Waals surface area contributed by atoms with E-state index in [1.807, 2.05) is 32.6 Å². The van der Waals surface area contributed by atoms with Gasteiger partial charge in [0, 0.05) is 31.2 Å². The number of rotatable bonds is 6. The van der Waals surface area contributed by atoms with Crippen molar-refractivity contribution in [1.29, 1.82) is 0 Å². The van der Waals surface area contributed by atoms with Crippen molar-refractivity contribution in [2.24, 2.45) is 5.92 Å². The molecule has 1 aliphatic rings. The largest absolute Gasteiger partial charge is 0.373 e. The van der Waals surface area contributed by atoms with E-state index in [1.165, 1.54) is 16.4 Å². The summed E-state index contributed by atoms with van der Waals surface area (Å²) >= 11 is 0. The van der Waals surface area contributed by atoms with Crippen molar-refractivity contribution in [3.8, 4) is 0 Å². The second-order valence-electron chi connectivity index (χ2n) is 8.05. The summed E-state index contributed by atoms with van der Waals surface area (Å²) in [6, 6.07) is 6.36. The third-order valence-electron chi connectivity index (χ3n) is 4.57. The van der Waals surface area contributed by atoms with Gasteiger partial charge in [-0.05, 0) is 57.9 Å². The van der Waals surface area contributed by atoms with Gasteiger partial charge in [0.05, 0.1) is 17.1 Å². The zero-order valence-corrected chi connectivity index (χ0v) is 18.0. The van der Waals surface area contributed by atoms with Crippen LogP contribution in [0.15, 0.2) is 29.2 Å². The maximum absolute atomic E-state index is 12.9. The van der Waals surface area contributed by atoms with Crippen LogP contribution < -0.4 is 0 Å². The van der Waals surface area contributed by atoms with E-state index in [1.54, 1.807) is 12.1 Å². The zero-order valence-electron chi connectivity index (χ0n) is 17.2. The molecule has 0 N–H and O–H groups in total. The lowest BCUT2D eigenvalue weighted by molar-refractivity contribution is -0.0440. The molecule has 7 heteroatoms. The van der Waals surface area contributed by atoms with Crippen molar-refractivity contribution in [2.75, 3.05) is 19.6 Å². The van der Waals surface area contributed by atoms with Crippen LogP contribution in [0.5, 0.6) is 0 Å². The normalized spacial score (nSPS) is 21.6. The molecule has 0 aliphatic carbocycles. The summed E-state index contributed by atoms with van der Waals surface area (Å²) in [6.45, 7) is 13.2. The average Bonchev–Trinajstić information content (AvgIpc) is 2.58. The van der Waals surface area contributed by atoms with Crippen molar-refractivity contribution < 1.29 is 17.9 Å². The van der Waals surface area contributed by atoms with Gasteiger partial charge in [-0.15, -0.1) is 0 Å². The Morgan fingerprint density at radius 1 is 1.11 bits per heavy atom. The van der Waals surface area contributed by atoms with E-state index >= 15 is 0 Å². The summed E-state index contributed by atoms with van der Waals surface area (Å²) < 4.78 is 32.9. The van der Waals surface area contributed by atoms with Gasteiger partial charge in [-0.25, -0.2) is 8.42 Å². The van der Waals surface area contributed by atoms with Crippen molar-refractivity contribution in [2.45, 2.75) is 64.7 Å². The first-order chi connectivity index (χ1) is 12.5. The van der Waals surface area contributed by atoms with E-state index in [4.69, 9.17) is 4.74 Å². The fraction of sp³-hybridized carbons (Fsp3) is 0.650. The Balaban J connectivity index is 2.22. The first-order valence-electron chi connectivity index (χ1n) is 9.59. The number of sulfonamides is 1. The van der Waals surface area contributed by atoms with E-state index in [-0.39, 0.29) is 29.1 Å². The lowest BCUT2D eigenvalue weighted by Gasteiger charge is -2.34. The number of carbonyl (C=O) groups excluding carboxylic acids is 1. The summed E-state index contributed by atoms with van der Waals surface area (Å²) in [4.78, 5) is 14.8. The van der Waals surface area contributed by atoms with Gasteiger partial charge in [0.15, 0.2) is 0 Å². The van der Waals surface area contributed by atoms with E-state index in [0.717, 1.165) is 0 Å². The molecule has 2 rings (SSSR count). The highest BCUT2D eigenvalue weighted by atomic mass is 32.2. The van der Waals surface area contributed by atoms with Crippen molar-refractivity contribution in [3.63, 3.8) is 0 Å². The number of carbonyl (C=O) groups is 1. The average molecular weight is 397 g/mol. The molecule has 1 amide bonds. The molecular weight excluding hydrogens is 364 g/mol. The van der Waals surface area contributed by atoms with Crippen LogP contribution in [0.1, 0.15) is 51.9 Å². The first kappa shape index (κ1) is 21.9. The van der Waals surface area contributed by atoms with Crippen molar-refractivity contribution in [1.82, 2.24) is 9.21 Å². The van der Waals surface area contributed by atoms with E-state index < -0.39 is 10.0 Å². The van der Waals surface area contributed by atoms with Gasteiger partial charge >= 0.3 is 0 Å². The highest BCUT2D eigenvalue weighted by Crippen LogP contribution is 2.22. The Morgan fingerprint density at radius 3 is 2.07 bits per heavy atom. The summed E-state index contributed by atoms with van der Waals surface area (Å²) in [5.41, 5.74) is 0.506. The molecular formula is C20H32N2O4S. The highest BCUT2D eigenvalue weighted by Gasteiger charge is 2.32. The molecule has 6 nitrogen and oxygen atoms in total. The molecule has 0 aromatic heterocycles. The minimum Gasteiger partial charge on any atom is -0.373 e. The van der Waals surface area contributed by atoms with Crippen LogP contribution in [0, 0.1) is 5.92 Å². The summed E-state index contributed by atoms with van der Waals surface area (Å²) in [5, 5.41) is 0. The second-order valence-corrected chi connectivity index (χ2v) is 9.99. The van der Waals surface area contributed by atoms with Crippen LogP contribution >= 0.6 is 0 Å². The molecule has 1 aromatic carbocycles. The topological polar surface area (TPSA) is 66.9 Å². The Bertz CT molecular complexity index is 734. The molecule has 152 valence electrons. The zero-order chi connectivity index (χ0) is 20.4. The van der Waals surface area contributed by atoms with Crippen LogP contribution in [0.2, 0.25) is 0 Å². The fourth-order valence-electron chi connectivity index (χ4n) is 3.33.